The van der Waals surface area contributed by atoms with E-state index >= 15 is 0 Å². The number of carbonyl (C=O) groups excluding carboxylic acids is 2. The molecular formula is C14H16ClNO3. The average Bonchev–Trinajstić information content (AvgIpc) is 2.44. The Labute approximate surface area is 117 Å². The number of fused-ring (bicyclic) bond motifs is 1. The monoisotopic (exact) mass is 281 g/mol. The lowest BCUT2D eigenvalue weighted by Crippen LogP contribution is -2.51. The zero-order valence-electron chi connectivity index (χ0n) is 10.9. The summed E-state index contributed by atoms with van der Waals surface area (Å²) in [6.07, 6.45) is 0.470. The molecule has 1 aromatic carbocycles. The molecule has 0 bridgehead atoms. The maximum atomic E-state index is 12.1. The Kier molecular flexibility index (Phi) is 4.10. The molecule has 1 aliphatic rings. The van der Waals surface area contributed by atoms with Gasteiger partial charge in [0.15, 0.2) is 0 Å². The minimum atomic E-state index is -0.655. The summed E-state index contributed by atoms with van der Waals surface area (Å²) >= 11 is 5.86. The van der Waals surface area contributed by atoms with Crippen LogP contribution in [0.1, 0.15) is 18.1 Å². The second-order valence-corrected chi connectivity index (χ2v) is 5.25. The van der Waals surface area contributed by atoms with Crippen molar-refractivity contribution in [1.29, 1.82) is 0 Å². The lowest BCUT2D eigenvalue weighted by atomic mass is 9.93. The Hall–Kier alpha value is -1.55. The minimum Gasteiger partial charge on any atom is -0.467 e. The van der Waals surface area contributed by atoms with Crippen LogP contribution in [0.3, 0.4) is 0 Å². The number of benzene rings is 1. The fraction of sp³-hybridized carbons (Fsp3) is 0.429. The number of hydrogen-bond acceptors (Lipinski definition) is 3. The van der Waals surface area contributed by atoms with E-state index in [4.69, 9.17) is 16.3 Å². The molecule has 2 unspecified atom stereocenters. The van der Waals surface area contributed by atoms with Gasteiger partial charge in [-0.15, -0.1) is 11.6 Å². The number of esters is 1. The maximum Gasteiger partial charge on any atom is 0.328 e. The third kappa shape index (κ3) is 2.73. The van der Waals surface area contributed by atoms with E-state index in [1.165, 1.54) is 12.0 Å². The van der Waals surface area contributed by atoms with Crippen LogP contribution in [-0.2, 0) is 27.3 Å². The summed E-state index contributed by atoms with van der Waals surface area (Å²) in [5, 5.41) is -0.655. The summed E-state index contributed by atoms with van der Waals surface area (Å²) in [5.74, 6) is -0.647. The van der Waals surface area contributed by atoms with Crippen LogP contribution in [0, 0.1) is 0 Å². The predicted octanol–water partition coefficient (Wildman–Crippen LogP) is 1.74. The Morgan fingerprint density at radius 3 is 2.58 bits per heavy atom. The second-order valence-electron chi connectivity index (χ2n) is 4.59. The molecule has 19 heavy (non-hydrogen) atoms. The molecule has 0 spiro atoms. The summed E-state index contributed by atoms with van der Waals surface area (Å²) in [7, 11) is 1.33. The number of halogens is 1. The lowest BCUT2D eigenvalue weighted by molar-refractivity contribution is -0.153. The van der Waals surface area contributed by atoms with Crippen molar-refractivity contribution in [3.63, 3.8) is 0 Å². The number of alkyl halides is 1. The fourth-order valence-corrected chi connectivity index (χ4v) is 2.46. The Morgan fingerprint density at radius 2 is 2.00 bits per heavy atom. The van der Waals surface area contributed by atoms with Gasteiger partial charge in [0.05, 0.1) is 7.11 Å². The van der Waals surface area contributed by atoms with Crippen LogP contribution in [0.2, 0.25) is 0 Å². The van der Waals surface area contributed by atoms with Crippen molar-refractivity contribution in [1.82, 2.24) is 4.90 Å². The first kappa shape index (κ1) is 13.9. The quantitative estimate of drug-likeness (QED) is 0.613. The van der Waals surface area contributed by atoms with Crippen molar-refractivity contribution < 1.29 is 14.3 Å². The van der Waals surface area contributed by atoms with Crippen molar-refractivity contribution in [3.8, 4) is 0 Å². The normalized spacial score (nSPS) is 19.5. The molecule has 1 heterocycles. The first-order chi connectivity index (χ1) is 9.04. The van der Waals surface area contributed by atoms with Crippen LogP contribution in [0.4, 0.5) is 0 Å². The molecule has 2 atom stereocenters. The number of nitrogens with zero attached hydrogens (tertiary/aromatic N) is 1. The minimum absolute atomic E-state index is 0.244. The van der Waals surface area contributed by atoms with Gasteiger partial charge in [-0.2, -0.15) is 0 Å². The van der Waals surface area contributed by atoms with Gasteiger partial charge in [0.25, 0.3) is 0 Å². The molecule has 1 aliphatic heterocycles. The Bertz CT molecular complexity index is 501. The molecule has 0 radical (unpaired) electrons. The van der Waals surface area contributed by atoms with Crippen molar-refractivity contribution >= 4 is 23.5 Å². The van der Waals surface area contributed by atoms with Gasteiger partial charge in [-0.25, -0.2) is 4.79 Å². The van der Waals surface area contributed by atoms with E-state index in [2.05, 4.69) is 0 Å². The second kappa shape index (κ2) is 5.61. The highest BCUT2D eigenvalue weighted by Gasteiger charge is 2.36. The van der Waals surface area contributed by atoms with E-state index in [9.17, 15) is 9.59 Å². The topological polar surface area (TPSA) is 46.6 Å². The number of carbonyl (C=O) groups is 2. The number of methoxy groups -OCH3 is 1. The smallest absolute Gasteiger partial charge is 0.328 e. The molecule has 0 fully saturated rings. The zero-order valence-corrected chi connectivity index (χ0v) is 11.7. The van der Waals surface area contributed by atoms with Gasteiger partial charge < -0.3 is 9.64 Å². The van der Waals surface area contributed by atoms with Gasteiger partial charge in [0, 0.05) is 13.0 Å². The van der Waals surface area contributed by atoms with Gasteiger partial charge in [-0.3, -0.25) is 4.79 Å². The highest BCUT2D eigenvalue weighted by Crippen LogP contribution is 2.25. The maximum absolute atomic E-state index is 12.1. The molecule has 4 nitrogen and oxygen atoms in total. The number of ether oxygens (including phenoxy) is 1. The third-order valence-electron chi connectivity index (χ3n) is 3.35. The molecule has 0 N–H and O–H groups in total. The Morgan fingerprint density at radius 1 is 1.37 bits per heavy atom. The van der Waals surface area contributed by atoms with Crippen LogP contribution in [0.25, 0.3) is 0 Å². The lowest BCUT2D eigenvalue weighted by Gasteiger charge is -2.35. The molecule has 1 amide bonds. The van der Waals surface area contributed by atoms with Crippen molar-refractivity contribution in [2.24, 2.45) is 0 Å². The SMILES string of the molecule is COC(=O)C1Cc2ccccc2CN1C(=O)C(C)Cl. The number of rotatable bonds is 2. The van der Waals surface area contributed by atoms with Gasteiger partial charge in [0.2, 0.25) is 5.91 Å². The van der Waals surface area contributed by atoms with Crippen LogP contribution in [0.15, 0.2) is 24.3 Å². The van der Waals surface area contributed by atoms with Gasteiger partial charge in [0.1, 0.15) is 11.4 Å². The van der Waals surface area contributed by atoms with Gasteiger partial charge in [-0.1, -0.05) is 24.3 Å². The highest BCUT2D eigenvalue weighted by molar-refractivity contribution is 6.30. The summed E-state index contributed by atoms with van der Waals surface area (Å²) in [6, 6.07) is 7.19. The van der Waals surface area contributed by atoms with E-state index in [0.29, 0.717) is 13.0 Å². The van der Waals surface area contributed by atoms with E-state index in [0.717, 1.165) is 11.1 Å². The number of amides is 1. The van der Waals surface area contributed by atoms with Crippen LogP contribution >= 0.6 is 11.6 Å². The largest absolute Gasteiger partial charge is 0.467 e. The summed E-state index contributed by atoms with van der Waals surface area (Å²) in [4.78, 5) is 25.5. The molecule has 1 aromatic rings. The molecule has 0 saturated heterocycles. The average molecular weight is 282 g/mol. The molecular weight excluding hydrogens is 266 g/mol. The third-order valence-corrected chi connectivity index (χ3v) is 3.53. The molecule has 2 rings (SSSR count). The van der Waals surface area contributed by atoms with Crippen LogP contribution < -0.4 is 0 Å². The first-order valence-electron chi connectivity index (χ1n) is 6.13. The van der Waals surface area contributed by atoms with Gasteiger partial charge in [-0.05, 0) is 18.1 Å². The van der Waals surface area contributed by atoms with Crippen LogP contribution in [0.5, 0.6) is 0 Å². The van der Waals surface area contributed by atoms with E-state index in [1.54, 1.807) is 6.92 Å². The summed E-state index contributed by atoms with van der Waals surface area (Å²) in [6.45, 7) is 2.00. The Balaban J connectivity index is 2.34. The van der Waals surface area contributed by atoms with Crippen molar-refractivity contribution in [3.05, 3.63) is 35.4 Å². The molecule has 5 heteroatoms. The van der Waals surface area contributed by atoms with Gasteiger partial charge >= 0.3 is 5.97 Å². The van der Waals surface area contributed by atoms with Crippen LogP contribution in [-0.4, -0.2) is 35.3 Å². The first-order valence-corrected chi connectivity index (χ1v) is 6.57. The molecule has 0 saturated carbocycles. The fourth-order valence-electron chi connectivity index (χ4n) is 2.33. The molecule has 0 aromatic heterocycles. The standard InChI is InChI=1S/C14H16ClNO3/c1-9(15)13(17)16-8-11-6-4-3-5-10(11)7-12(16)14(18)19-2/h3-6,9,12H,7-8H2,1-2H3. The number of hydrogen-bond donors (Lipinski definition) is 0. The predicted molar refractivity (Wildman–Crippen MR) is 71.8 cm³/mol. The van der Waals surface area contributed by atoms with E-state index in [1.807, 2.05) is 24.3 Å². The van der Waals surface area contributed by atoms with Crippen molar-refractivity contribution in [2.75, 3.05) is 7.11 Å². The highest BCUT2D eigenvalue weighted by atomic mass is 35.5. The van der Waals surface area contributed by atoms with E-state index < -0.39 is 17.4 Å². The van der Waals surface area contributed by atoms with E-state index in [-0.39, 0.29) is 5.91 Å². The molecule has 0 aliphatic carbocycles. The summed E-state index contributed by atoms with van der Waals surface area (Å²) in [5.41, 5.74) is 2.12. The zero-order chi connectivity index (χ0) is 14.0. The summed E-state index contributed by atoms with van der Waals surface area (Å²) < 4.78 is 4.79. The molecule has 102 valence electrons. The van der Waals surface area contributed by atoms with Crippen molar-refractivity contribution in [2.45, 2.75) is 31.3 Å².